The zero-order chi connectivity index (χ0) is 10.5. The van der Waals surface area contributed by atoms with Crippen LogP contribution >= 0.6 is 0 Å². The van der Waals surface area contributed by atoms with E-state index in [1.54, 1.807) is 0 Å². The van der Waals surface area contributed by atoms with Crippen molar-refractivity contribution >= 4 is 0 Å². The molecule has 0 saturated carbocycles. The smallest absolute Gasteiger partial charge is 0.0900 e. The zero-order valence-corrected chi connectivity index (χ0v) is 8.80. The second kappa shape index (κ2) is 5.26. The number of aliphatic hydroxyl groups excluding tert-OH is 1. The number of ether oxygens (including phenoxy) is 1. The lowest BCUT2D eigenvalue weighted by atomic mass is 10.2. The van der Waals surface area contributed by atoms with E-state index in [4.69, 9.17) is 4.74 Å². The molecule has 1 aromatic carbocycles. The summed E-state index contributed by atoms with van der Waals surface area (Å²) >= 11 is 0. The monoisotopic (exact) mass is 207 g/mol. The van der Waals surface area contributed by atoms with Crippen LogP contribution in [-0.4, -0.2) is 42.4 Å². The van der Waals surface area contributed by atoms with Gasteiger partial charge in [0.05, 0.1) is 19.3 Å². The molecule has 0 bridgehead atoms. The minimum absolute atomic E-state index is 0.351. The van der Waals surface area contributed by atoms with Gasteiger partial charge in [0.1, 0.15) is 0 Å². The van der Waals surface area contributed by atoms with E-state index in [2.05, 4.69) is 17.0 Å². The SMILES string of the molecule is OC1COCCN(Cc2ccccc2)C1. The van der Waals surface area contributed by atoms with Gasteiger partial charge in [-0.3, -0.25) is 4.90 Å². The van der Waals surface area contributed by atoms with Gasteiger partial charge in [-0.25, -0.2) is 0 Å². The van der Waals surface area contributed by atoms with E-state index in [1.807, 2.05) is 18.2 Å². The molecule has 1 aromatic rings. The number of nitrogens with zero attached hydrogens (tertiary/aromatic N) is 1. The Bertz CT molecular complexity index is 289. The van der Waals surface area contributed by atoms with E-state index in [-0.39, 0.29) is 6.10 Å². The van der Waals surface area contributed by atoms with Crippen LogP contribution in [0.4, 0.5) is 0 Å². The van der Waals surface area contributed by atoms with E-state index in [1.165, 1.54) is 5.56 Å². The first-order valence-electron chi connectivity index (χ1n) is 5.36. The van der Waals surface area contributed by atoms with Crippen LogP contribution in [0.15, 0.2) is 30.3 Å². The van der Waals surface area contributed by atoms with E-state index in [0.29, 0.717) is 19.8 Å². The van der Waals surface area contributed by atoms with Crippen LogP contribution in [-0.2, 0) is 11.3 Å². The molecule has 1 atom stereocenters. The van der Waals surface area contributed by atoms with Gasteiger partial charge >= 0.3 is 0 Å². The van der Waals surface area contributed by atoms with Gasteiger partial charge in [-0.05, 0) is 5.56 Å². The summed E-state index contributed by atoms with van der Waals surface area (Å²) < 4.78 is 5.28. The number of rotatable bonds is 2. The van der Waals surface area contributed by atoms with Crippen molar-refractivity contribution in [2.45, 2.75) is 12.6 Å². The highest BCUT2D eigenvalue weighted by molar-refractivity contribution is 5.14. The summed E-state index contributed by atoms with van der Waals surface area (Å²) in [6.45, 7) is 3.66. The first-order valence-corrected chi connectivity index (χ1v) is 5.36. The molecule has 1 N–H and O–H groups in total. The maximum absolute atomic E-state index is 9.57. The minimum Gasteiger partial charge on any atom is -0.389 e. The summed E-state index contributed by atoms with van der Waals surface area (Å²) in [5, 5.41) is 9.57. The Kier molecular flexibility index (Phi) is 3.72. The molecule has 15 heavy (non-hydrogen) atoms. The van der Waals surface area contributed by atoms with Crippen LogP contribution in [0.5, 0.6) is 0 Å². The molecule has 0 amide bonds. The van der Waals surface area contributed by atoms with E-state index in [0.717, 1.165) is 13.1 Å². The summed E-state index contributed by atoms with van der Waals surface area (Å²) in [4.78, 5) is 2.23. The molecule has 1 saturated heterocycles. The maximum atomic E-state index is 9.57. The predicted molar refractivity (Wildman–Crippen MR) is 58.5 cm³/mol. The molecule has 3 nitrogen and oxygen atoms in total. The van der Waals surface area contributed by atoms with Gasteiger partial charge in [0, 0.05) is 19.6 Å². The molecule has 0 spiro atoms. The highest BCUT2D eigenvalue weighted by Gasteiger charge is 2.15. The zero-order valence-electron chi connectivity index (χ0n) is 8.80. The number of benzene rings is 1. The summed E-state index contributed by atoms with van der Waals surface area (Å²) in [5.41, 5.74) is 1.28. The molecule has 2 rings (SSSR count). The molecule has 0 radical (unpaired) electrons. The topological polar surface area (TPSA) is 32.7 Å². The fourth-order valence-electron chi connectivity index (χ4n) is 1.84. The Morgan fingerprint density at radius 3 is 2.93 bits per heavy atom. The molecule has 0 aliphatic carbocycles. The number of hydrogen-bond donors (Lipinski definition) is 1. The predicted octanol–water partition coefficient (Wildman–Crippen LogP) is 0.880. The third-order valence-corrected chi connectivity index (χ3v) is 2.58. The minimum atomic E-state index is -0.351. The van der Waals surface area contributed by atoms with Crippen LogP contribution in [0, 0.1) is 0 Å². The summed E-state index contributed by atoms with van der Waals surface area (Å²) in [7, 11) is 0. The highest BCUT2D eigenvalue weighted by atomic mass is 16.5. The second-order valence-electron chi connectivity index (χ2n) is 3.95. The summed E-state index contributed by atoms with van der Waals surface area (Å²) in [6, 6.07) is 10.3. The second-order valence-corrected chi connectivity index (χ2v) is 3.95. The Balaban J connectivity index is 1.93. The van der Waals surface area contributed by atoms with Crippen molar-refractivity contribution in [3.63, 3.8) is 0 Å². The van der Waals surface area contributed by atoms with Crippen molar-refractivity contribution in [2.75, 3.05) is 26.3 Å². The van der Waals surface area contributed by atoms with E-state index in [9.17, 15) is 5.11 Å². The van der Waals surface area contributed by atoms with Gasteiger partial charge in [-0.15, -0.1) is 0 Å². The van der Waals surface area contributed by atoms with Gasteiger partial charge in [-0.1, -0.05) is 30.3 Å². The molecule has 1 fully saturated rings. The van der Waals surface area contributed by atoms with Crippen molar-refractivity contribution in [3.8, 4) is 0 Å². The Labute approximate surface area is 90.3 Å². The molecular formula is C12H17NO2. The molecule has 1 unspecified atom stereocenters. The van der Waals surface area contributed by atoms with Crippen LogP contribution in [0.3, 0.4) is 0 Å². The Morgan fingerprint density at radius 1 is 1.33 bits per heavy atom. The van der Waals surface area contributed by atoms with Gasteiger partial charge in [0.25, 0.3) is 0 Å². The van der Waals surface area contributed by atoms with E-state index >= 15 is 0 Å². The van der Waals surface area contributed by atoms with Crippen LogP contribution in [0.1, 0.15) is 5.56 Å². The molecule has 0 aromatic heterocycles. The maximum Gasteiger partial charge on any atom is 0.0900 e. The first-order chi connectivity index (χ1) is 7.34. The molecular weight excluding hydrogens is 190 g/mol. The van der Waals surface area contributed by atoms with E-state index < -0.39 is 0 Å². The molecule has 3 heteroatoms. The lowest BCUT2D eigenvalue weighted by Crippen LogP contribution is -2.32. The molecule has 1 aliphatic heterocycles. The summed E-state index contributed by atoms with van der Waals surface area (Å²) in [5.74, 6) is 0. The average Bonchev–Trinajstić information content (AvgIpc) is 2.44. The highest BCUT2D eigenvalue weighted by Crippen LogP contribution is 2.07. The van der Waals surface area contributed by atoms with Crippen LogP contribution in [0.2, 0.25) is 0 Å². The fraction of sp³-hybridized carbons (Fsp3) is 0.500. The van der Waals surface area contributed by atoms with Gasteiger partial charge in [0.15, 0.2) is 0 Å². The third-order valence-electron chi connectivity index (χ3n) is 2.58. The van der Waals surface area contributed by atoms with Gasteiger partial charge < -0.3 is 9.84 Å². The lowest BCUT2D eigenvalue weighted by Gasteiger charge is -2.20. The standard InChI is InChI=1S/C12H17NO2/c14-12-9-13(6-7-15-10-12)8-11-4-2-1-3-5-11/h1-5,12,14H,6-10H2. The van der Waals surface area contributed by atoms with Crippen LogP contribution in [0.25, 0.3) is 0 Å². The third kappa shape index (κ3) is 3.30. The number of hydrogen-bond acceptors (Lipinski definition) is 3. The average molecular weight is 207 g/mol. The van der Waals surface area contributed by atoms with Gasteiger partial charge in [-0.2, -0.15) is 0 Å². The van der Waals surface area contributed by atoms with Crippen molar-refractivity contribution in [3.05, 3.63) is 35.9 Å². The quantitative estimate of drug-likeness (QED) is 0.781. The first kappa shape index (κ1) is 10.6. The van der Waals surface area contributed by atoms with Crippen LogP contribution < -0.4 is 0 Å². The van der Waals surface area contributed by atoms with Crippen molar-refractivity contribution in [1.29, 1.82) is 0 Å². The largest absolute Gasteiger partial charge is 0.389 e. The fourth-order valence-corrected chi connectivity index (χ4v) is 1.84. The van der Waals surface area contributed by atoms with Crippen molar-refractivity contribution in [1.82, 2.24) is 4.90 Å². The number of aliphatic hydroxyl groups is 1. The number of β-amino-alcohol motifs (C(OH)–C–C–N with tert-alkyl or cyclic N) is 1. The molecule has 1 aliphatic rings. The summed E-state index contributed by atoms with van der Waals surface area (Å²) in [6.07, 6.45) is -0.351. The molecule has 1 heterocycles. The molecule has 82 valence electrons. The lowest BCUT2D eigenvalue weighted by molar-refractivity contribution is 0.0562. The van der Waals surface area contributed by atoms with Crippen molar-refractivity contribution < 1.29 is 9.84 Å². The van der Waals surface area contributed by atoms with Gasteiger partial charge in [0.2, 0.25) is 0 Å². The van der Waals surface area contributed by atoms with Crippen molar-refractivity contribution in [2.24, 2.45) is 0 Å². The Morgan fingerprint density at radius 2 is 2.13 bits per heavy atom. The normalized spacial score (nSPS) is 23.7. The Hall–Kier alpha value is -0.900.